The highest BCUT2D eigenvalue weighted by molar-refractivity contribution is 6.48. The van der Waals surface area contributed by atoms with Crippen LogP contribution in [0.5, 0.6) is 0 Å². The minimum atomic E-state index is -0.714. The SMILES string of the molecule is O=C(Nc1cc(F)cc(C(=O)C2=NNC3N=CC=NC23)c1)c1cccc(F)c1. The summed E-state index contributed by atoms with van der Waals surface area (Å²) in [5.41, 5.74) is 2.94. The minimum absolute atomic E-state index is 0.000459. The zero-order chi connectivity index (χ0) is 19.7. The third-order valence-corrected chi connectivity index (χ3v) is 4.19. The molecule has 1 amide bonds. The summed E-state index contributed by atoms with van der Waals surface area (Å²) in [6, 6.07) is 7.92. The predicted octanol–water partition coefficient (Wildman–Crippen LogP) is 2.21. The number of amides is 1. The molecule has 0 spiro atoms. The second-order valence-electron chi connectivity index (χ2n) is 6.13. The summed E-state index contributed by atoms with van der Waals surface area (Å²) >= 11 is 0. The van der Waals surface area contributed by atoms with E-state index < -0.39 is 35.5 Å². The Morgan fingerprint density at radius 1 is 0.964 bits per heavy atom. The van der Waals surface area contributed by atoms with Crippen molar-refractivity contribution >= 4 is 35.5 Å². The molecule has 0 saturated carbocycles. The lowest BCUT2D eigenvalue weighted by Crippen LogP contribution is -2.36. The number of nitrogens with one attached hydrogen (secondary N) is 2. The Morgan fingerprint density at radius 2 is 1.75 bits per heavy atom. The number of carbonyl (C=O) groups is 2. The van der Waals surface area contributed by atoms with Crippen LogP contribution < -0.4 is 10.7 Å². The van der Waals surface area contributed by atoms with E-state index in [9.17, 15) is 18.4 Å². The van der Waals surface area contributed by atoms with Crippen molar-refractivity contribution in [1.29, 1.82) is 0 Å². The summed E-state index contributed by atoms with van der Waals surface area (Å²) in [5.74, 6) is -2.45. The number of hydrazone groups is 1. The number of carbonyl (C=O) groups excluding carboxylic acids is 2. The van der Waals surface area contributed by atoms with Crippen LogP contribution in [0.15, 0.2) is 57.6 Å². The van der Waals surface area contributed by atoms with Crippen LogP contribution in [-0.2, 0) is 0 Å². The standard InChI is InChI=1S/C19H13F2N5O2/c20-12-3-1-2-10(6-12)19(28)24-14-8-11(7-13(21)9-14)17(27)15-16-18(26-25-15)23-5-4-22-16/h1-9,16,18,26H,(H,24,28). The van der Waals surface area contributed by atoms with E-state index >= 15 is 0 Å². The number of anilines is 1. The smallest absolute Gasteiger partial charge is 0.255 e. The number of ketones is 1. The number of Topliss-reactive ketones (excluding diaryl/α,β-unsaturated/α-hetero) is 1. The minimum Gasteiger partial charge on any atom is -0.322 e. The van der Waals surface area contributed by atoms with E-state index in [1.54, 1.807) is 0 Å². The summed E-state index contributed by atoms with van der Waals surface area (Å²) in [6.45, 7) is 0. The topological polar surface area (TPSA) is 95.3 Å². The van der Waals surface area contributed by atoms with Gasteiger partial charge < -0.3 is 5.32 Å². The lowest BCUT2D eigenvalue weighted by atomic mass is 10.00. The van der Waals surface area contributed by atoms with Crippen molar-refractivity contribution in [2.24, 2.45) is 15.1 Å². The second kappa shape index (κ2) is 7.10. The van der Waals surface area contributed by atoms with Crippen molar-refractivity contribution in [2.45, 2.75) is 12.2 Å². The van der Waals surface area contributed by atoms with E-state index in [1.807, 2.05) is 0 Å². The Kier molecular flexibility index (Phi) is 4.48. The van der Waals surface area contributed by atoms with Crippen molar-refractivity contribution in [3.8, 4) is 0 Å². The third-order valence-electron chi connectivity index (χ3n) is 4.19. The first-order valence-electron chi connectivity index (χ1n) is 8.31. The molecule has 0 aromatic heterocycles. The van der Waals surface area contributed by atoms with Crippen molar-refractivity contribution in [3.63, 3.8) is 0 Å². The molecule has 0 radical (unpaired) electrons. The molecule has 2 aliphatic heterocycles. The number of benzene rings is 2. The van der Waals surface area contributed by atoms with Gasteiger partial charge in [-0.1, -0.05) is 6.07 Å². The monoisotopic (exact) mass is 381 g/mol. The van der Waals surface area contributed by atoms with Crippen molar-refractivity contribution in [1.82, 2.24) is 5.43 Å². The highest BCUT2D eigenvalue weighted by Gasteiger charge is 2.36. The van der Waals surface area contributed by atoms with Crippen LogP contribution in [0.4, 0.5) is 14.5 Å². The fraction of sp³-hybridized carbons (Fsp3) is 0.105. The summed E-state index contributed by atoms with van der Waals surface area (Å²) in [5, 5.41) is 6.43. The van der Waals surface area contributed by atoms with E-state index in [4.69, 9.17) is 0 Å². The van der Waals surface area contributed by atoms with E-state index in [2.05, 4.69) is 25.8 Å². The summed E-state index contributed by atoms with van der Waals surface area (Å²) in [6.07, 6.45) is 2.50. The van der Waals surface area contributed by atoms with E-state index in [1.165, 1.54) is 36.7 Å². The number of fused-ring (bicyclic) bond motifs is 1. The van der Waals surface area contributed by atoms with Gasteiger partial charge in [0.1, 0.15) is 23.4 Å². The fourth-order valence-electron chi connectivity index (χ4n) is 2.91. The molecule has 2 aromatic carbocycles. The maximum atomic E-state index is 14.1. The average Bonchev–Trinajstić information content (AvgIpc) is 3.11. The largest absolute Gasteiger partial charge is 0.322 e. The molecule has 9 heteroatoms. The van der Waals surface area contributed by atoms with Gasteiger partial charge in [0.2, 0.25) is 5.78 Å². The summed E-state index contributed by atoms with van der Waals surface area (Å²) in [7, 11) is 0. The molecule has 4 rings (SSSR count). The second-order valence-corrected chi connectivity index (χ2v) is 6.13. The zero-order valence-electron chi connectivity index (χ0n) is 14.3. The van der Waals surface area contributed by atoms with Crippen LogP contribution in [0.2, 0.25) is 0 Å². The van der Waals surface area contributed by atoms with Gasteiger partial charge in [0.15, 0.2) is 6.17 Å². The summed E-state index contributed by atoms with van der Waals surface area (Å²) < 4.78 is 27.3. The van der Waals surface area contributed by atoms with Crippen LogP contribution in [0.1, 0.15) is 20.7 Å². The van der Waals surface area contributed by atoms with Crippen LogP contribution in [0, 0.1) is 11.6 Å². The van der Waals surface area contributed by atoms with Gasteiger partial charge in [-0.25, -0.2) is 8.78 Å². The Hall–Kier alpha value is -3.75. The number of nitrogens with zero attached hydrogens (tertiary/aromatic N) is 3. The molecule has 0 saturated heterocycles. The van der Waals surface area contributed by atoms with Gasteiger partial charge in [-0.2, -0.15) is 5.10 Å². The molecule has 2 heterocycles. The van der Waals surface area contributed by atoms with Crippen LogP contribution >= 0.6 is 0 Å². The maximum Gasteiger partial charge on any atom is 0.255 e. The molecule has 2 N–H and O–H groups in total. The fourth-order valence-corrected chi connectivity index (χ4v) is 2.91. The normalized spacial score (nSPS) is 19.6. The molecule has 2 atom stereocenters. The maximum absolute atomic E-state index is 14.1. The lowest BCUT2D eigenvalue weighted by molar-refractivity contribution is 0.102. The quantitative estimate of drug-likeness (QED) is 0.795. The Balaban J connectivity index is 1.57. The van der Waals surface area contributed by atoms with Gasteiger partial charge in [0.05, 0.1) is 0 Å². The number of hydrogen-bond donors (Lipinski definition) is 2. The molecule has 140 valence electrons. The average molecular weight is 381 g/mol. The first-order chi connectivity index (χ1) is 13.5. The van der Waals surface area contributed by atoms with Gasteiger partial charge in [0.25, 0.3) is 5.91 Å². The van der Waals surface area contributed by atoms with Gasteiger partial charge in [-0.15, -0.1) is 0 Å². The first kappa shape index (κ1) is 17.7. The number of rotatable bonds is 4. The Morgan fingerprint density at radius 3 is 2.57 bits per heavy atom. The lowest BCUT2D eigenvalue weighted by Gasteiger charge is -2.15. The number of aliphatic imine (C=N–C) groups is 2. The first-order valence-corrected chi connectivity index (χ1v) is 8.31. The van der Waals surface area contributed by atoms with Gasteiger partial charge in [0, 0.05) is 29.2 Å². The molecule has 7 nitrogen and oxygen atoms in total. The number of hydrogen-bond acceptors (Lipinski definition) is 6. The van der Waals surface area contributed by atoms with Gasteiger partial charge in [-0.3, -0.25) is 25.0 Å². The van der Waals surface area contributed by atoms with Crippen LogP contribution in [-0.4, -0.2) is 42.0 Å². The molecule has 2 unspecified atom stereocenters. The zero-order valence-corrected chi connectivity index (χ0v) is 14.3. The molecule has 28 heavy (non-hydrogen) atoms. The molecular formula is C19H13F2N5O2. The van der Waals surface area contributed by atoms with E-state index in [0.29, 0.717) is 0 Å². The number of halogens is 2. The Bertz CT molecular complexity index is 1060. The van der Waals surface area contributed by atoms with Gasteiger partial charge in [-0.05, 0) is 36.4 Å². The van der Waals surface area contributed by atoms with Crippen molar-refractivity contribution in [3.05, 3.63) is 65.2 Å². The molecule has 0 bridgehead atoms. The molecule has 2 aliphatic rings. The van der Waals surface area contributed by atoms with Gasteiger partial charge >= 0.3 is 0 Å². The van der Waals surface area contributed by atoms with E-state index in [0.717, 1.165) is 18.2 Å². The highest BCUT2D eigenvalue weighted by atomic mass is 19.1. The molecule has 0 fully saturated rings. The molecule has 0 aliphatic carbocycles. The van der Waals surface area contributed by atoms with Crippen molar-refractivity contribution < 1.29 is 18.4 Å². The Labute approximate surface area is 157 Å². The summed E-state index contributed by atoms with van der Waals surface area (Å²) in [4.78, 5) is 33.3. The van der Waals surface area contributed by atoms with E-state index in [-0.39, 0.29) is 22.5 Å². The van der Waals surface area contributed by atoms with Crippen LogP contribution in [0.3, 0.4) is 0 Å². The third kappa shape index (κ3) is 3.41. The highest BCUT2D eigenvalue weighted by Crippen LogP contribution is 2.20. The molecular weight excluding hydrogens is 368 g/mol. The van der Waals surface area contributed by atoms with Crippen molar-refractivity contribution in [2.75, 3.05) is 5.32 Å². The van der Waals surface area contributed by atoms with Crippen LogP contribution in [0.25, 0.3) is 0 Å². The molecule has 2 aromatic rings. The predicted molar refractivity (Wildman–Crippen MR) is 100 cm³/mol.